The van der Waals surface area contributed by atoms with Crippen molar-refractivity contribution in [1.29, 1.82) is 0 Å². The molecule has 0 aliphatic carbocycles. The molecule has 0 radical (unpaired) electrons. The van der Waals surface area contributed by atoms with Gasteiger partial charge in [0.1, 0.15) is 11.3 Å². The van der Waals surface area contributed by atoms with Gasteiger partial charge in [-0.1, -0.05) is 18.2 Å². The molecule has 1 aromatic heterocycles. The van der Waals surface area contributed by atoms with Crippen molar-refractivity contribution in [3.8, 4) is 28.6 Å². The van der Waals surface area contributed by atoms with Gasteiger partial charge in [0, 0.05) is 18.5 Å². The number of ether oxygens (including phenoxy) is 3. The molecule has 3 aromatic rings. The predicted molar refractivity (Wildman–Crippen MR) is 104 cm³/mol. The number of nitrogens with zero attached hydrogens (tertiary/aromatic N) is 1. The molecular formula is C21H23NO5. The summed E-state index contributed by atoms with van der Waals surface area (Å²) in [6.07, 6.45) is -0.455. The predicted octanol–water partition coefficient (Wildman–Crippen LogP) is 4.96. The number of amides is 1. The summed E-state index contributed by atoms with van der Waals surface area (Å²) in [4.78, 5) is 14.2. The Bertz CT molecular complexity index is 910. The summed E-state index contributed by atoms with van der Waals surface area (Å²) < 4.78 is 22.5. The molecule has 0 atom stereocenters. The zero-order valence-corrected chi connectivity index (χ0v) is 15.9. The summed E-state index contributed by atoms with van der Waals surface area (Å²) in [5.41, 5.74) is 1.37. The molecule has 0 spiro atoms. The van der Waals surface area contributed by atoms with Crippen molar-refractivity contribution in [2.24, 2.45) is 0 Å². The van der Waals surface area contributed by atoms with Gasteiger partial charge in [0.15, 0.2) is 11.5 Å². The van der Waals surface area contributed by atoms with Gasteiger partial charge in [-0.25, -0.2) is 4.79 Å². The summed E-state index contributed by atoms with van der Waals surface area (Å²) >= 11 is 0. The van der Waals surface area contributed by atoms with Crippen LogP contribution in [-0.2, 0) is 0 Å². The first-order valence-corrected chi connectivity index (χ1v) is 8.83. The molecule has 0 aliphatic rings. The summed E-state index contributed by atoms with van der Waals surface area (Å²) in [6.45, 7) is 4.88. The lowest BCUT2D eigenvalue weighted by Gasteiger charge is -2.21. The number of para-hydroxylation sites is 1. The summed E-state index contributed by atoms with van der Waals surface area (Å²) in [5, 5.41) is 0.961. The average Bonchev–Trinajstić information content (AvgIpc) is 3.12. The first kappa shape index (κ1) is 18.6. The van der Waals surface area contributed by atoms with E-state index in [0.717, 1.165) is 11.0 Å². The first-order valence-electron chi connectivity index (χ1n) is 8.83. The van der Waals surface area contributed by atoms with E-state index in [4.69, 9.17) is 18.6 Å². The fourth-order valence-corrected chi connectivity index (χ4v) is 2.94. The number of furan rings is 1. The molecule has 3 rings (SSSR count). The van der Waals surface area contributed by atoms with E-state index in [9.17, 15) is 4.79 Å². The zero-order valence-electron chi connectivity index (χ0n) is 15.9. The molecule has 1 amide bonds. The third-order valence-corrected chi connectivity index (χ3v) is 4.40. The topological polar surface area (TPSA) is 61.1 Å². The molecule has 0 saturated heterocycles. The minimum Gasteiger partial charge on any atom is -0.493 e. The second kappa shape index (κ2) is 8.03. The maximum absolute atomic E-state index is 12.6. The van der Waals surface area contributed by atoms with Crippen molar-refractivity contribution in [3.05, 3.63) is 42.5 Å². The van der Waals surface area contributed by atoms with E-state index >= 15 is 0 Å². The van der Waals surface area contributed by atoms with Crippen LogP contribution < -0.4 is 14.2 Å². The molecule has 0 unspecified atom stereocenters. The van der Waals surface area contributed by atoms with Crippen molar-refractivity contribution in [2.75, 3.05) is 27.3 Å². The number of benzene rings is 2. The quantitative estimate of drug-likeness (QED) is 0.615. The molecule has 0 fully saturated rings. The van der Waals surface area contributed by atoms with Gasteiger partial charge in [-0.15, -0.1) is 0 Å². The van der Waals surface area contributed by atoms with Crippen molar-refractivity contribution in [2.45, 2.75) is 13.8 Å². The Morgan fingerprint density at radius 2 is 1.74 bits per heavy atom. The standard InChI is InChI=1S/C21H23NO5/c1-5-22(6-2)21(23)27-19-15(11-12-17(24-3)20(19)25-4)18-13-14-9-7-8-10-16(14)26-18/h7-13H,5-6H2,1-4H3. The Morgan fingerprint density at radius 1 is 1.00 bits per heavy atom. The van der Waals surface area contributed by atoms with Crippen LogP contribution in [0.2, 0.25) is 0 Å². The van der Waals surface area contributed by atoms with Gasteiger partial charge < -0.3 is 23.5 Å². The monoisotopic (exact) mass is 369 g/mol. The van der Waals surface area contributed by atoms with Crippen LogP contribution in [0.1, 0.15) is 13.8 Å². The summed E-state index contributed by atoms with van der Waals surface area (Å²) in [7, 11) is 3.05. The van der Waals surface area contributed by atoms with Crippen LogP contribution in [0.15, 0.2) is 46.9 Å². The van der Waals surface area contributed by atoms with Crippen LogP contribution in [0, 0.1) is 0 Å². The lowest BCUT2D eigenvalue weighted by Crippen LogP contribution is -2.33. The van der Waals surface area contributed by atoms with E-state index in [-0.39, 0.29) is 5.75 Å². The maximum atomic E-state index is 12.6. The highest BCUT2D eigenvalue weighted by atomic mass is 16.6. The molecule has 0 aliphatic heterocycles. The van der Waals surface area contributed by atoms with Gasteiger partial charge in [0.2, 0.25) is 5.75 Å². The molecule has 142 valence electrons. The van der Waals surface area contributed by atoms with E-state index in [0.29, 0.717) is 35.9 Å². The number of hydrogen-bond donors (Lipinski definition) is 0. The number of rotatable bonds is 6. The fraction of sp³-hybridized carbons (Fsp3) is 0.286. The van der Waals surface area contributed by atoms with Crippen molar-refractivity contribution < 1.29 is 23.4 Å². The second-order valence-corrected chi connectivity index (χ2v) is 5.87. The summed E-state index contributed by atoms with van der Waals surface area (Å²) in [6, 6.07) is 13.2. The van der Waals surface area contributed by atoms with E-state index < -0.39 is 6.09 Å². The van der Waals surface area contributed by atoms with Crippen LogP contribution in [0.5, 0.6) is 17.2 Å². The molecular weight excluding hydrogens is 346 g/mol. The highest BCUT2D eigenvalue weighted by molar-refractivity contribution is 5.86. The number of methoxy groups -OCH3 is 2. The van der Waals surface area contributed by atoms with Crippen LogP contribution in [0.25, 0.3) is 22.3 Å². The van der Waals surface area contributed by atoms with Crippen LogP contribution in [-0.4, -0.2) is 38.3 Å². The van der Waals surface area contributed by atoms with E-state index in [2.05, 4.69) is 0 Å². The third kappa shape index (κ3) is 3.56. The number of carbonyl (C=O) groups excluding carboxylic acids is 1. The van der Waals surface area contributed by atoms with Gasteiger partial charge >= 0.3 is 6.09 Å². The zero-order chi connectivity index (χ0) is 19.4. The van der Waals surface area contributed by atoms with Crippen molar-refractivity contribution in [1.82, 2.24) is 4.90 Å². The Kier molecular flexibility index (Phi) is 5.54. The minimum atomic E-state index is -0.455. The number of carbonyl (C=O) groups is 1. The summed E-state index contributed by atoms with van der Waals surface area (Å²) in [5.74, 6) is 1.67. The lowest BCUT2D eigenvalue weighted by molar-refractivity contribution is 0.155. The second-order valence-electron chi connectivity index (χ2n) is 5.87. The molecule has 1 heterocycles. The lowest BCUT2D eigenvalue weighted by atomic mass is 10.1. The molecule has 6 nitrogen and oxygen atoms in total. The molecule has 2 aromatic carbocycles. The van der Waals surface area contributed by atoms with Crippen LogP contribution in [0.4, 0.5) is 4.79 Å². The molecule has 0 N–H and O–H groups in total. The minimum absolute atomic E-state index is 0.271. The van der Waals surface area contributed by atoms with Gasteiger partial charge in [-0.2, -0.15) is 0 Å². The van der Waals surface area contributed by atoms with E-state index in [1.807, 2.05) is 44.2 Å². The fourth-order valence-electron chi connectivity index (χ4n) is 2.94. The largest absolute Gasteiger partial charge is 0.493 e. The highest BCUT2D eigenvalue weighted by Crippen LogP contribution is 2.45. The van der Waals surface area contributed by atoms with Crippen LogP contribution in [0.3, 0.4) is 0 Å². The van der Waals surface area contributed by atoms with Gasteiger partial charge in [-0.05, 0) is 38.1 Å². The SMILES string of the molecule is CCN(CC)C(=O)Oc1c(-c2cc3ccccc3o2)ccc(OC)c1OC. The van der Waals surface area contributed by atoms with Gasteiger partial charge in [0.25, 0.3) is 0 Å². The highest BCUT2D eigenvalue weighted by Gasteiger charge is 2.24. The van der Waals surface area contributed by atoms with Gasteiger partial charge in [-0.3, -0.25) is 0 Å². The van der Waals surface area contributed by atoms with Crippen LogP contribution >= 0.6 is 0 Å². The maximum Gasteiger partial charge on any atom is 0.415 e. The molecule has 0 saturated carbocycles. The Hall–Kier alpha value is -3.15. The number of fused-ring (bicyclic) bond motifs is 1. The Balaban J connectivity index is 2.13. The normalized spacial score (nSPS) is 10.7. The third-order valence-electron chi connectivity index (χ3n) is 4.40. The van der Waals surface area contributed by atoms with E-state index in [1.165, 1.54) is 14.2 Å². The van der Waals surface area contributed by atoms with Crippen molar-refractivity contribution >= 4 is 17.1 Å². The Morgan fingerprint density at radius 3 is 2.37 bits per heavy atom. The molecule has 6 heteroatoms. The average molecular weight is 369 g/mol. The molecule has 27 heavy (non-hydrogen) atoms. The molecule has 0 bridgehead atoms. The smallest absolute Gasteiger partial charge is 0.415 e. The van der Waals surface area contributed by atoms with E-state index in [1.54, 1.807) is 17.0 Å². The first-order chi connectivity index (χ1) is 13.1. The Labute approximate surface area is 158 Å². The van der Waals surface area contributed by atoms with Gasteiger partial charge in [0.05, 0.1) is 19.8 Å². The number of hydrogen-bond acceptors (Lipinski definition) is 5. The van der Waals surface area contributed by atoms with Crippen molar-refractivity contribution in [3.63, 3.8) is 0 Å².